The maximum Gasteiger partial charge on any atom is 0.410 e. The van der Waals surface area contributed by atoms with Crippen molar-refractivity contribution in [2.75, 3.05) is 26.2 Å². The summed E-state index contributed by atoms with van der Waals surface area (Å²) >= 11 is 0. The largest absolute Gasteiger partial charge is 0.444 e. The summed E-state index contributed by atoms with van der Waals surface area (Å²) in [5.74, 6) is 1.24. The maximum absolute atomic E-state index is 12.2. The van der Waals surface area contributed by atoms with Gasteiger partial charge in [-0.15, -0.1) is 0 Å². The molecule has 3 N–H and O–H groups in total. The van der Waals surface area contributed by atoms with Gasteiger partial charge in [-0.3, -0.25) is 0 Å². The first-order chi connectivity index (χ1) is 10.9. The third-order valence-corrected chi connectivity index (χ3v) is 5.09. The summed E-state index contributed by atoms with van der Waals surface area (Å²) in [4.78, 5) is 14.1. The second-order valence-corrected chi connectivity index (χ2v) is 8.21. The molecule has 0 aromatic carbocycles. The molecule has 5 heteroatoms. The van der Waals surface area contributed by atoms with Crippen molar-refractivity contribution in [1.82, 2.24) is 10.2 Å². The van der Waals surface area contributed by atoms with E-state index in [-0.39, 0.29) is 6.09 Å². The Bertz CT molecular complexity index is 381. The lowest BCUT2D eigenvalue weighted by molar-refractivity contribution is 0.0161. The van der Waals surface area contributed by atoms with Gasteiger partial charge in [-0.1, -0.05) is 6.42 Å². The highest BCUT2D eigenvalue weighted by atomic mass is 16.6. The lowest BCUT2D eigenvalue weighted by Gasteiger charge is -2.34. The minimum atomic E-state index is -0.411. The van der Waals surface area contributed by atoms with Crippen molar-refractivity contribution in [2.45, 2.75) is 70.9 Å². The molecule has 0 aromatic heterocycles. The predicted octanol–water partition coefficient (Wildman–Crippen LogP) is 2.74. The number of nitrogens with zero attached hydrogens (tertiary/aromatic N) is 1. The Hall–Kier alpha value is -0.810. The van der Waals surface area contributed by atoms with Crippen molar-refractivity contribution in [3.63, 3.8) is 0 Å². The van der Waals surface area contributed by atoms with Gasteiger partial charge in [0.15, 0.2) is 0 Å². The fraction of sp³-hybridized carbons (Fsp3) is 0.944. The Labute approximate surface area is 141 Å². The molecule has 3 atom stereocenters. The molecule has 0 bridgehead atoms. The van der Waals surface area contributed by atoms with Gasteiger partial charge in [0, 0.05) is 19.1 Å². The normalized spacial score (nSPS) is 28.9. The van der Waals surface area contributed by atoms with Crippen molar-refractivity contribution in [3.8, 4) is 0 Å². The molecule has 1 aliphatic carbocycles. The summed E-state index contributed by atoms with van der Waals surface area (Å²) in [5, 5.41) is 3.70. The summed E-state index contributed by atoms with van der Waals surface area (Å²) in [6.45, 7) is 9.27. The Morgan fingerprint density at radius 3 is 2.74 bits per heavy atom. The number of carbonyl (C=O) groups excluding carboxylic acids is 1. The van der Waals surface area contributed by atoms with E-state index < -0.39 is 5.60 Å². The van der Waals surface area contributed by atoms with Crippen LogP contribution in [0.5, 0.6) is 0 Å². The molecule has 0 spiro atoms. The number of nitrogens with one attached hydrogen (secondary N) is 1. The molecule has 0 aromatic rings. The van der Waals surface area contributed by atoms with Crippen LogP contribution < -0.4 is 11.1 Å². The molecule has 2 rings (SSSR count). The molecule has 2 aliphatic rings. The van der Waals surface area contributed by atoms with Crippen LogP contribution in [0.25, 0.3) is 0 Å². The zero-order chi connectivity index (χ0) is 16.9. The lowest BCUT2D eigenvalue weighted by Crippen LogP contribution is -2.44. The molecular weight excluding hydrogens is 290 g/mol. The van der Waals surface area contributed by atoms with Crippen LogP contribution in [-0.2, 0) is 4.74 Å². The molecule has 23 heavy (non-hydrogen) atoms. The minimum Gasteiger partial charge on any atom is -0.444 e. The number of hydrogen-bond acceptors (Lipinski definition) is 4. The molecule has 1 saturated carbocycles. The molecule has 2 fully saturated rings. The van der Waals surface area contributed by atoms with Crippen molar-refractivity contribution in [3.05, 3.63) is 0 Å². The maximum atomic E-state index is 12.2. The molecular formula is C18H35N3O2. The van der Waals surface area contributed by atoms with Crippen LogP contribution in [-0.4, -0.2) is 48.8 Å². The summed E-state index contributed by atoms with van der Waals surface area (Å²) < 4.78 is 5.50. The number of likely N-dealkylation sites (tertiary alicyclic amines) is 1. The average molecular weight is 325 g/mol. The highest BCUT2D eigenvalue weighted by Crippen LogP contribution is 2.25. The zero-order valence-corrected chi connectivity index (χ0v) is 15.1. The second kappa shape index (κ2) is 8.34. The highest BCUT2D eigenvalue weighted by molar-refractivity contribution is 5.68. The number of hydrogen-bond donors (Lipinski definition) is 2. The lowest BCUT2D eigenvalue weighted by atomic mass is 9.94. The minimum absolute atomic E-state index is 0.158. The van der Waals surface area contributed by atoms with Crippen molar-refractivity contribution in [2.24, 2.45) is 17.6 Å². The van der Waals surface area contributed by atoms with Gasteiger partial charge in [0.1, 0.15) is 5.60 Å². The zero-order valence-electron chi connectivity index (χ0n) is 15.1. The summed E-state index contributed by atoms with van der Waals surface area (Å²) in [5.41, 5.74) is 5.43. The molecule has 1 heterocycles. The van der Waals surface area contributed by atoms with Crippen molar-refractivity contribution < 1.29 is 9.53 Å². The van der Waals surface area contributed by atoms with Gasteiger partial charge in [-0.05, 0) is 77.8 Å². The Kier molecular flexibility index (Phi) is 6.72. The van der Waals surface area contributed by atoms with E-state index in [1.807, 2.05) is 25.7 Å². The fourth-order valence-electron chi connectivity index (χ4n) is 3.85. The molecule has 1 saturated heterocycles. The van der Waals surface area contributed by atoms with Crippen molar-refractivity contribution >= 4 is 6.09 Å². The number of nitrogens with two attached hydrogens (primary N) is 1. The van der Waals surface area contributed by atoms with E-state index in [1.165, 1.54) is 25.7 Å². The van der Waals surface area contributed by atoms with Gasteiger partial charge >= 0.3 is 6.09 Å². The molecule has 1 aliphatic heterocycles. The van der Waals surface area contributed by atoms with E-state index in [0.29, 0.717) is 17.9 Å². The van der Waals surface area contributed by atoms with Crippen LogP contribution in [0.3, 0.4) is 0 Å². The second-order valence-electron chi connectivity index (χ2n) is 8.21. The van der Waals surface area contributed by atoms with Crippen LogP contribution in [0.15, 0.2) is 0 Å². The highest BCUT2D eigenvalue weighted by Gasteiger charge is 2.28. The Morgan fingerprint density at radius 2 is 2.04 bits per heavy atom. The van der Waals surface area contributed by atoms with Crippen LogP contribution in [0.1, 0.15) is 59.3 Å². The molecule has 0 radical (unpaired) electrons. The number of rotatable bonds is 5. The molecule has 134 valence electrons. The number of carbonyl (C=O) groups is 1. The summed E-state index contributed by atoms with van der Waals surface area (Å²) in [7, 11) is 0. The number of ether oxygens (including phenoxy) is 1. The van der Waals surface area contributed by atoms with E-state index in [4.69, 9.17) is 10.5 Å². The van der Waals surface area contributed by atoms with Crippen LogP contribution >= 0.6 is 0 Å². The van der Waals surface area contributed by atoms with E-state index in [2.05, 4.69) is 5.32 Å². The molecule has 5 nitrogen and oxygen atoms in total. The van der Waals surface area contributed by atoms with Gasteiger partial charge in [0.25, 0.3) is 0 Å². The SMILES string of the molecule is CC(C)(C)OC(=O)N1CCCC(CCNC2CCCC2CN)C1. The number of amides is 1. The quantitative estimate of drug-likeness (QED) is 0.815. The van der Waals surface area contributed by atoms with Gasteiger partial charge in [-0.25, -0.2) is 4.79 Å². The Balaban J connectivity index is 1.70. The smallest absolute Gasteiger partial charge is 0.410 e. The Morgan fingerprint density at radius 1 is 1.26 bits per heavy atom. The van der Waals surface area contributed by atoms with Crippen LogP contribution in [0, 0.1) is 11.8 Å². The van der Waals surface area contributed by atoms with E-state index >= 15 is 0 Å². The van der Waals surface area contributed by atoms with Gasteiger partial charge in [0.05, 0.1) is 0 Å². The van der Waals surface area contributed by atoms with Crippen LogP contribution in [0.4, 0.5) is 4.79 Å². The van der Waals surface area contributed by atoms with Gasteiger partial charge in [-0.2, -0.15) is 0 Å². The third kappa shape index (κ3) is 5.96. The molecule has 1 amide bonds. The van der Waals surface area contributed by atoms with Gasteiger partial charge < -0.3 is 20.7 Å². The molecule has 3 unspecified atom stereocenters. The van der Waals surface area contributed by atoms with Gasteiger partial charge in [0.2, 0.25) is 0 Å². The third-order valence-electron chi connectivity index (χ3n) is 5.09. The first kappa shape index (κ1) is 18.5. The first-order valence-electron chi connectivity index (χ1n) is 9.30. The van der Waals surface area contributed by atoms with Crippen molar-refractivity contribution in [1.29, 1.82) is 0 Å². The fourth-order valence-corrected chi connectivity index (χ4v) is 3.85. The van der Waals surface area contributed by atoms with E-state index in [9.17, 15) is 4.79 Å². The average Bonchev–Trinajstić information content (AvgIpc) is 2.93. The van der Waals surface area contributed by atoms with Crippen LogP contribution in [0.2, 0.25) is 0 Å². The first-order valence-corrected chi connectivity index (χ1v) is 9.30. The summed E-state index contributed by atoms with van der Waals surface area (Å²) in [6, 6.07) is 0.602. The topological polar surface area (TPSA) is 67.6 Å². The standard InChI is InChI=1S/C18H35N3O2/c1-18(2,3)23-17(22)21-11-5-6-14(13-21)9-10-20-16-8-4-7-15(16)12-19/h14-16,20H,4-13,19H2,1-3H3. The number of piperidine rings is 1. The van der Waals surface area contributed by atoms with E-state index in [0.717, 1.165) is 39.0 Å². The monoisotopic (exact) mass is 325 g/mol. The van der Waals surface area contributed by atoms with E-state index in [1.54, 1.807) is 0 Å². The summed E-state index contributed by atoms with van der Waals surface area (Å²) in [6.07, 6.45) is 7.10. The predicted molar refractivity (Wildman–Crippen MR) is 93.3 cm³/mol.